The highest BCUT2D eigenvalue weighted by Gasteiger charge is 2.13. The molecular formula is C12H8F2N2O. The van der Waals surface area contributed by atoms with E-state index in [0.29, 0.717) is 5.56 Å². The molecule has 1 aromatic carbocycles. The highest BCUT2D eigenvalue weighted by molar-refractivity contribution is 6.12. The Labute approximate surface area is 96.0 Å². The number of halogens is 2. The second-order valence-corrected chi connectivity index (χ2v) is 3.31. The van der Waals surface area contributed by atoms with E-state index in [4.69, 9.17) is 5.21 Å². The summed E-state index contributed by atoms with van der Waals surface area (Å²) >= 11 is 0. The molecule has 0 aliphatic rings. The molecule has 0 radical (unpaired) electrons. The molecule has 0 fully saturated rings. The van der Waals surface area contributed by atoms with Crippen molar-refractivity contribution >= 4 is 5.71 Å². The lowest BCUT2D eigenvalue weighted by Gasteiger charge is -2.05. The predicted octanol–water partition coefficient (Wildman–Crippen LogP) is 2.59. The van der Waals surface area contributed by atoms with Crippen LogP contribution in [0.4, 0.5) is 8.78 Å². The fourth-order valence-corrected chi connectivity index (χ4v) is 1.46. The summed E-state index contributed by atoms with van der Waals surface area (Å²) in [7, 11) is 0. The number of aromatic nitrogens is 1. The van der Waals surface area contributed by atoms with Gasteiger partial charge >= 0.3 is 0 Å². The Bertz CT molecular complexity index is 556. The Kier molecular flexibility index (Phi) is 3.09. The van der Waals surface area contributed by atoms with Gasteiger partial charge in [-0.2, -0.15) is 0 Å². The topological polar surface area (TPSA) is 45.5 Å². The third-order valence-electron chi connectivity index (χ3n) is 2.24. The Morgan fingerprint density at radius 2 is 1.82 bits per heavy atom. The van der Waals surface area contributed by atoms with Crippen LogP contribution in [0.1, 0.15) is 11.1 Å². The third kappa shape index (κ3) is 2.28. The van der Waals surface area contributed by atoms with Crippen molar-refractivity contribution in [3.8, 4) is 0 Å². The second kappa shape index (κ2) is 4.69. The first-order chi connectivity index (χ1) is 8.22. The Morgan fingerprint density at radius 1 is 1.12 bits per heavy atom. The Balaban J connectivity index is 2.51. The molecule has 17 heavy (non-hydrogen) atoms. The monoisotopic (exact) mass is 234 g/mol. The first-order valence-corrected chi connectivity index (χ1v) is 4.80. The van der Waals surface area contributed by atoms with Crippen LogP contribution < -0.4 is 0 Å². The van der Waals surface area contributed by atoms with E-state index in [-0.39, 0.29) is 11.3 Å². The maximum Gasteiger partial charge on any atom is 0.135 e. The summed E-state index contributed by atoms with van der Waals surface area (Å²) in [5.74, 6) is -1.46. The Morgan fingerprint density at radius 3 is 2.41 bits per heavy atom. The minimum atomic E-state index is -0.783. The summed E-state index contributed by atoms with van der Waals surface area (Å²) in [5.41, 5.74) is 0.554. The zero-order valence-electron chi connectivity index (χ0n) is 8.64. The number of rotatable bonds is 2. The zero-order chi connectivity index (χ0) is 12.3. The lowest BCUT2D eigenvalue weighted by atomic mass is 10.0. The largest absolute Gasteiger partial charge is 0.410 e. The van der Waals surface area contributed by atoms with Gasteiger partial charge in [0.25, 0.3) is 0 Å². The molecule has 0 saturated heterocycles. The van der Waals surface area contributed by atoms with Gasteiger partial charge in [-0.1, -0.05) is 5.16 Å². The van der Waals surface area contributed by atoms with Crippen LogP contribution in [-0.2, 0) is 0 Å². The summed E-state index contributed by atoms with van der Waals surface area (Å²) in [4.78, 5) is 3.80. The SMILES string of the molecule is ON=C(c1ccncc1)c1ccc(F)cc1F. The summed E-state index contributed by atoms with van der Waals surface area (Å²) in [6.07, 6.45) is 2.98. The molecule has 0 spiro atoms. The standard InChI is InChI=1S/C12H8F2N2O/c13-9-1-2-10(11(14)7-9)12(16-17)8-3-5-15-6-4-8/h1-7,17H. The molecule has 2 rings (SSSR count). The minimum absolute atomic E-state index is 0.0279. The van der Waals surface area contributed by atoms with Crippen molar-refractivity contribution in [1.29, 1.82) is 0 Å². The first kappa shape index (κ1) is 11.2. The highest BCUT2D eigenvalue weighted by Crippen LogP contribution is 2.15. The molecule has 3 nitrogen and oxygen atoms in total. The van der Waals surface area contributed by atoms with Crippen LogP contribution in [0, 0.1) is 11.6 Å². The fourth-order valence-electron chi connectivity index (χ4n) is 1.46. The van der Waals surface area contributed by atoms with Crippen molar-refractivity contribution in [2.24, 2.45) is 5.16 Å². The van der Waals surface area contributed by atoms with Gasteiger partial charge in [-0.3, -0.25) is 4.98 Å². The minimum Gasteiger partial charge on any atom is -0.410 e. The lowest BCUT2D eigenvalue weighted by molar-refractivity contribution is 0.319. The zero-order valence-corrected chi connectivity index (χ0v) is 8.64. The van der Waals surface area contributed by atoms with Crippen molar-refractivity contribution in [1.82, 2.24) is 4.98 Å². The average molecular weight is 234 g/mol. The highest BCUT2D eigenvalue weighted by atomic mass is 19.1. The van der Waals surface area contributed by atoms with E-state index in [1.54, 1.807) is 12.1 Å². The normalized spacial score (nSPS) is 11.5. The molecule has 2 aromatic rings. The molecular weight excluding hydrogens is 226 g/mol. The number of hydrogen-bond donors (Lipinski definition) is 1. The molecule has 1 N–H and O–H groups in total. The van der Waals surface area contributed by atoms with Crippen LogP contribution in [0.15, 0.2) is 47.9 Å². The maximum atomic E-state index is 13.5. The summed E-state index contributed by atoms with van der Waals surface area (Å²) in [6.45, 7) is 0. The molecule has 0 saturated carbocycles. The van der Waals surface area contributed by atoms with E-state index in [9.17, 15) is 8.78 Å². The predicted molar refractivity (Wildman–Crippen MR) is 58.0 cm³/mol. The van der Waals surface area contributed by atoms with Gasteiger partial charge in [-0.15, -0.1) is 0 Å². The molecule has 1 aromatic heterocycles. The summed E-state index contributed by atoms with van der Waals surface area (Å²) in [6, 6.07) is 6.20. The van der Waals surface area contributed by atoms with Gasteiger partial charge in [0, 0.05) is 29.6 Å². The van der Waals surface area contributed by atoms with Crippen molar-refractivity contribution in [3.05, 3.63) is 65.5 Å². The molecule has 0 atom stereocenters. The maximum absolute atomic E-state index is 13.5. The molecule has 1 heterocycles. The van der Waals surface area contributed by atoms with Crippen LogP contribution in [0.2, 0.25) is 0 Å². The first-order valence-electron chi connectivity index (χ1n) is 4.80. The van der Waals surface area contributed by atoms with E-state index >= 15 is 0 Å². The van der Waals surface area contributed by atoms with Crippen LogP contribution in [0.3, 0.4) is 0 Å². The summed E-state index contributed by atoms with van der Waals surface area (Å²) in [5, 5.41) is 12.0. The Hall–Kier alpha value is -2.30. The van der Waals surface area contributed by atoms with Crippen molar-refractivity contribution in [2.75, 3.05) is 0 Å². The fraction of sp³-hybridized carbons (Fsp3) is 0. The van der Waals surface area contributed by atoms with Crippen LogP contribution in [0.25, 0.3) is 0 Å². The van der Waals surface area contributed by atoms with Crippen molar-refractivity contribution in [2.45, 2.75) is 0 Å². The number of oxime groups is 1. The molecule has 0 amide bonds. The van der Waals surface area contributed by atoms with E-state index in [1.165, 1.54) is 18.5 Å². The molecule has 0 unspecified atom stereocenters. The lowest BCUT2D eigenvalue weighted by Crippen LogP contribution is -2.06. The second-order valence-electron chi connectivity index (χ2n) is 3.31. The van der Waals surface area contributed by atoms with E-state index < -0.39 is 11.6 Å². The van der Waals surface area contributed by atoms with Crippen LogP contribution in [0.5, 0.6) is 0 Å². The van der Waals surface area contributed by atoms with Crippen molar-refractivity contribution < 1.29 is 14.0 Å². The van der Waals surface area contributed by atoms with E-state index in [1.807, 2.05) is 0 Å². The number of nitrogens with zero attached hydrogens (tertiary/aromatic N) is 2. The van der Waals surface area contributed by atoms with Crippen LogP contribution in [-0.4, -0.2) is 15.9 Å². The smallest absolute Gasteiger partial charge is 0.135 e. The van der Waals surface area contributed by atoms with Gasteiger partial charge in [-0.25, -0.2) is 8.78 Å². The molecule has 5 heteroatoms. The number of benzene rings is 1. The van der Waals surface area contributed by atoms with Gasteiger partial charge in [0.1, 0.15) is 17.3 Å². The number of pyridine rings is 1. The van der Waals surface area contributed by atoms with E-state index in [0.717, 1.165) is 12.1 Å². The molecule has 0 bridgehead atoms. The van der Waals surface area contributed by atoms with Gasteiger partial charge in [-0.05, 0) is 24.3 Å². The average Bonchev–Trinajstić information content (AvgIpc) is 2.34. The third-order valence-corrected chi connectivity index (χ3v) is 2.24. The summed E-state index contributed by atoms with van der Waals surface area (Å²) < 4.78 is 26.3. The van der Waals surface area contributed by atoms with Gasteiger partial charge in [0.15, 0.2) is 0 Å². The number of hydrogen-bond acceptors (Lipinski definition) is 3. The van der Waals surface area contributed by atoms with Crippen LogP contribution >= 0.6 is 0 Å². The van der Waals surface area contributed by atoms with Gasteiger partial charge in [0.2, 0.25) is 0 Å². The van der Waals surface area contributed by atoms with Crippen molar-refractivity contribution in [3.63, 3.8) is 0 Å². The van der Waals surface area contributed by atoms with E-state index in [2.05, 4.69) is 10.1 Å². The quantitative estimate of drug-likeness (QED) is 0.493. The molecule has 0 aliphatic heterocycles. The van der Waals surface area contributed by atoms with Gasteiger partial charge < -0.3 is 5.21 Å². The van der Waals surface area contributed by atoms with Gasteiger partial charge in [0.05, 0.1) is 0 Å². The molecule has 0 aliphatic carbocycles. The molecule has 86 valence electrons.